The van der Waals surface area contributed by atoms with Gasteiger partial charge in [0.15, 0.2) is 5.16 Å². The quantitative estimate of drug-likeness (QED) is 0.254. The SMILES string of the molecule is Cc1ccc(-n2c(SCC(=O)Nc3ccc(S(=O)(=O)N4CCCCC4)cc3)nc3ccccc3c2=O)c(C)c1. The number of thioether (sulfide) groups is 1. The van der Waals surface area contributed by atoms with Gasteiger partial charge in [0.1, 0.15) is 0 Å². The highest BCUT2D eigenvalue weighted by Crippen LogP contribution is 2.25. The number of fused-ring (bicyclic) bond motifs is 1. The van der Waals surface area contributed by atoms with Gasteiger partial charge in [-0.15, -0.1) is 0 Å². The molecule has 1 aliphatic heterocycles. The van der Waals surface area contributed by atoms with Gasteiger partial charge in [0.05, 0.1) is 27.2 Å². The lowest BCUT2D eigenvalue weighted by Crippen LogP contribution is -2.35. The second-order valence-corrected chi connectivity index (χ2v) is 12.5. The second-order valence-electron chi connectivity index (χ2n) is 9.67. The number of piperidine rings is 1. The standard InChI is InChI=1S/C29H30N4O4S2/c1-20-10-15-26(21(2)18-20)33-28(35)24-8-4-5-9-25(24)31-29(33)38-19-27(34)30-22-11-13-23(14-12-22)39(36,37)32-16-6-3-7-17-32/h4-5,8-15,18H,3,6-7,16-17,19H2,1-2H3,(H,30,34). The van der Waals surface area contributed by atoms with Crippen LogP contribution in [0.5, 0.6) is 0 Å². The topological polar surface area (TPSA) is 101 Å². The molecule has 1 saturated heterocycles. The Morgan fingerprint density at radius 2 is 1.69 bits per heavy atom. The summed E-state index contributed by atoms with van der Waals surface area (Å²) in [5.74, 6) is -0.273. The Morgan fingerprint density at radius 1 is 0.974 bits per heavy atom. The Kier molecular flexibility index (Phi) is 7.88. The van der Waals surface area contributed by atoms with Gasteiger partial charge in [0.2, 0.25) is 15.9 Å². The average molecular weight is 563 g/mol. The third kappa shape index (κ3) is 5.78. The first-order valence-corrected chi connectivity index (χ1v) is 15.3. The van der Waals surface area contributed by atoms with Gasteiger partial charge in [0, 0.05) is 18.8 Å². The summed E-state index contributed by atoms with van der Waals surface area (Å²) >= 11 is 1.17. The molecule has 10 heteroatoms. The highest BCUT2D eigenvalue weighted by molar-refractivity contribution is 7.99. The van der Waals surface area contributed by atoms with Gasteiger partial charge in [0.25, 0.3) is 5.56 Å². The van der Waals surface area contributed by atoms with E-state index in [1.807, 2.05) is 38.1 Å². The molecule has 0 aliphatic carbocycles. The van der Waals surface area contributed by atoms with Crippen molar-refractivity contribution in [2.45, 2.75) is 43.2 Å². The molecule has 2 heterocycles. The van der Waals surface area contributed by atoms with Gasteiger partial charge in [-0.2, -0.15) is 4.31 Å². The van der Waals surface area contributed by atoms with Gasteiger partial charge in [-0.25, -0.2) is 13.4 Å². The fraction of sp³-hybridized carbons (Fsp3) is 0.276. The molecule has 4 aromatic rings. The summed E-state index contributed by atoms with van der Waals surface area (Å²) in [5, 5.41) is 3.74. The van der Waals surface area contributed by atoms with E-state index in [0.29, 0.717) is 34.8 Å². The summed E-state index contributed by atoms with van der Waals surface area (Å²) < 4.78 is 28.9. The number of sulfonamides is 1. The molecule has 0 atom stereocenters. The molecule has 0 unspecified atom stereocenters. The lowest BCUT2D eigenvalue weighted by molar-refractivity contribution is -0.113. The Labute approximate surface area is 232 Å². The number of benzene rings is 3. The van der Waals surface area contributed by atoms with Crippen LogP contribution in [-0.4, -0.2) is 47.0 Å². The van der Waals surface area contributed by atoms with Crippen LogP contribution in [0.2, 0.25) is 0 Å². The lowest BCUT2D eigenvalue weighted by atomic mass is 10.1. The molecule has 0 saturated carbocycles. The first-order valence-electron chi connectivity index (χ1n) is 12.9. The molecule has 202 valence electrons. The smallest absolute Gasteiger partial charge is 0.266 e. The van der Waals surface area contributed by atoms with E-state index in [1.165, 1.54) is 28.2 Å². The number of rotatable bonds is 7. The van der Waals surface area contributed by atoms with Gasteiger partial charge >= 0.3 is 0 Å². The van der Waals surface area contributed by atoms with Crippen molar-refractivity contribution in [3.63, 3.8) is 0 Å². The minimum Gasteiger partial charge on any atom is -0.325 e. The normalized spacial score (nSPS) is 14.4. The van der Waals surface area contributed by atoms with Crippen molar-refractivity contribution in [2.75, 3.05) is 24.2 Å². The van der Waals surface area contributed by atoms with Crippen LogP contribution in [0.3, 0.4) is 0 Å². The molecule has 0 radical (unpaired) electrons. The Hall–Kier alpha value is -3.47. The largest absolute Gasteiger partial charge is 0.325 e. The Bertz CT molecular complexity index is 1690. The predicted octanol–water partition coefficient (Wildman–Crippen LogP) is 4.91. The van der Waals surface area contributed by atoms with Gasteiger partial charge in [-0.1, -0.05) is 48.0 Å². The molecule has 3 aromatic carbocycles. The minimum absolute atomic E-state index is 0.0174. The highest BCUT2D eigenvalue weighted by Gasteiger charge is 2.25. The van der Waals surface area contributed by atoms with Crippen LogP contribution in [0, 0.1) is 13.8 Å². The summed E-state index contributed by atoms with van der Waals surface area (Å²) in [4.78, 5) is 31.3. The predicted molar refractivity (Wildman–Crippen MR) is 155 cm³/mol. The number of anilines is 1. The maximum Gasteiger partial charge on any atom is 0.266 e. The zero-order valence-electron chi connectivity index (χ0n) is 21.9. The van der Waals surface area contributed by atoms with Crippen molar-refractivity contribution in [1.82, 2.24) is 13.9 Å². The van der Waals surface area contributed by atoms with E-state index in [4.69, 9.17) is 4.98 Å². The van der Waals surface area contributed by atoms with Gasteiger partial charge < -0.3 is 5.32 Å². The monoisotopic (exact) mass is 562 g/mol. The van der Waals surface area contributed by atoms with Crippen molar-refractivity contribution in [3.8, 4) is 5.69 Å². The summed E-state index contributed by atoms with van der Waals surface area (Å²) in [6.07, 6.45) is 2.79. The number of carbonyl (C=O) groups excluding carboxylic acids is 1. The number of hydrogen-bond acceptors (Lipinski definition) is 6. The number of hydrogen-bond donors (Lipinski definition) is 1. The first-order chi connectivity index (χ1) is 18.7. The van der Waals surface area contributed by atoms with Crippen LogP contribution in [0.4, 0.5) is 5.69 Å². The maximum absolute atomic E-state index is 13.5. The zero-order chi connectivity index (χ0) is 27.6. The zero-order valence-corrected chi connectivity index (χ0v) is 23.5. The summed E-state index contributed by atoms with van der Waals surface area (Å²) in [6.45, 7) is 5.01. The molecule has 5 rings (SSSR count). The third-order valence-electron chi connectivity index (χ3n) is 6.76. The van der Waals surface area contributed by atoms with Crippen LogP contribution in [0.25, 0.3) is 16.6 Å². The Morgan fingerprint density at radius 3 is 2.41 bits per heavy atom. The molecule has 1 aliphatic rings. The summed E-state index contributed by atoms with van der Waals surface area (Å²) in [7, 11) is -3.54. The van der Waals surface area contributed by atoms with Crippen molar-refractivity contribution >= 4 is 44.3 Å². The number of nitrogens with zero attached hydrogens (tertiary/aromatic N) is 3. The van der Waals surface area contributed by atoms with Crippen molar-refractivity contribution in [1.29, 1.82) is 0 Å². The number of carbonyl (C=O) groups is 1. The summed E-state index contributed by atoms with van der Waals surface area (Å²) in [5.41, 5.74) is 3.60. The van der Waals surface area contributed by atoms with Crippen LogP contribution < -0.4 is 10.9 Å². The fourth-order valence-corrected chi connectivity index (χ4v) is 7.09. The summed E-state index contributed by atoms with van der Waals surface area (Å²) in [6, 6.07) is 19.3. The highest BCUT2D eigenvalue weighted by atomic mass is 32.2. The molecule has 0 spiro atoms. The van der Waals surface area contributed by atoms with Crippen molar-refractivity contribution in [3.05, 3.63) is 88.2 Å². The first kappa shape index (κ1) is 27.1. The van der Waals surface area contributed by atoms with Gasteiger partial charge in [-0.05, 0) is 74.7 Å². The van der Waals surface area contributed by atoms with E-state index < -0.39 is 10.0 Å². The molecule has 8 nitrogen and oxygen atoms in total. The Balaban J connectivity index is 1.35. The number of para-hydroxylation sites is 1. The molecular formula is C29H30N4O4S2. The van der Waals surface area contributed by atoms with E-state index in [-0.39, 0.29) is 22.1 Å². The molecule has 1 fully saturated rings. The third-order valence-corrected chi connectivity index (χ3v) is 9.61. The second kappa shape index (κ2) is 11.3. The van der Waals surface area contributed by atoms with Crippen LogP contribution in [0.1, 0.15) is 30.4 Å². The fourth-order valence-electron chi connectivity index (χ4n) is 4.77. The van der Waals surface area contributed by atoms with Crippen LogP contribution in [-0.2, 0) is 14.8 Å². The number of aryl methyl sites for hydroxylation is 2. The maximum atomic E-state index is 13.5. The van der Waals surface area contributed by atoms with E-state index >= 15 is 0 Å². The van der Waals surface area contributed by atoms with Gasteiger partial charge in [-0.3, -0.25) is 14.2 Å². The van der Waals surface area contributed by atoms with E-state index in [0.717, 1.165) is 36.1 Å². The molecule has 1 N–H and O–H groups in total. The van der Waals surface area contributed by atoms with Crippen molar-refractivity contribution in [2.24, 2.45) is 0 Å². The molecule has 39 heavy (non-hydrogen) atoms. The molecule has 0 bridgehead atoms. The number of nitrogens with one attached hydrogen (secondary N) is 1. The number of aromatic nitrogens is 2. The lowest BCUT2D eigenvalue weighted by Gasteiger charge is -2.25. The molecule has 1 aromatic heterocycles. The van der Waals surface area contributed by atoms with E-state index in [9.17, 15) is 18.0 Å². The van der Waals surface area contributed by atoms with Crippen LogP contribution in [0.15, 0.2) is 81.6 Å². The molecule has 1 amide bonds. The average Bonchev–Trinajstić information content (AvgIpc) is 2.93. The van der Waals surface area contributed by atoms with E-state index in [2.05, 4.69) is 5.32 Å². The van der Waals surface area contributed by atoms with Crippen LogP contribution >= 0.6 is 11.8 Å². The number of amides is 1. The minimum atomic E-state index is -3.54. The van der Waals surface area contributed by atoms with Crippen molar-refractivity contribution < 1.29 is 13.2 Å². The van der Waals surface area contributed by atoms with E-state index in [1.54, 1.807) is 34.9 Å². The molecular weight excluding hydrogens is 532 g/mol.